The summed E-state index contributed by atoms with van der Waals surface area (Å²) in [6, 6.07) is 90.4. The van der Waals surface area contributed by atoms with E-state index in [9.17, 15) is 0 Å². The second-order valence-corrected chi connectivity index (χ2v) is 22.8. The van der Waals surface area contributed by atoms with E-state index in [4.69, 9.17) is 13.3 Å². The highest BCUT2D eigenvalue weighted by Gasteiger charge is 2.25. The average Bonchev–Trinajstić information content (AvgIpc) is 1.56. The average molecular weight is 1150 g/mol. The molecular formula is C80H47N7O3. The van der Waals surface area contributed by atoms with Crippen LogP contribution in [0.4, 0.5) is 0 Å². The number of para-hydroxylation sites is 4. The molecule has 0 saturated heterocycles. The standard InChI is InChI=1S/2C27H16N2O.C26H15N3O/c1-2-8-18-17(7-1)12-15-22-25(18)21-14-13-20-19-9-3-4-10-23(19)30-27(20)26(21)29(22)24-11-5-6-16-28-24;1-2-8-18-14-23-20(13-17(18)7-1)21-16-26-22(19-9-3-4-10-25(19)30-26)15-24(21)29(23)27-11-5-6-12-28-27;1-2-9-17-16(8-1)22-18-10-3-5-12-20(18)29(26-27-14-7-15-28-26)24(22)25-23(17)19-11-4-6-13-21(19)30-25/h2*1-16H;1-15H. The molecule has 21 rings (SSSR count). The van der Waals surface area contributed by atoms with Gasteiger partial charge in [-0.25, -0.2) is 19.9 Å². The first-order valence-corrected chi connectivity index (χ1v) is 30.1. The first kappa shape index (κ1) is 49.8. The Kier molecular flexibility index (Phi) is 10.8. The molecule has 10 heteroatoms. The fraction of sp³-hybridized carbons (Fsp3) is 0. The second-order valence-electron chi connectivity index (χ2n) is 22.8. The van der Waals surface area contributed by atoms with Crippen molar-refractivity contribution in [2.45, 2.75) is 0 Å². The monoisotopic (exact) mass is 1150 g/mol. The van der Waals surface area contributed by atoms with Crippen LogP contribution in [-0.4, -0.2) is 33.6 Å². The van der Waals surface area contributed by atoms with Gasteiger partial charge in [0, 0.05) is 89.4 Å². The molecule has 21 aromatic rings. The molecule has 0 bridgehead atoms. The summed E-state index contributed by atoms with van der Waals surface area (Å²) in [5.74, 6) is 2.45. The van der Waals surface area contributed by atoms with Crippen LogP contribution in [0.3, 0.4) is 0 Å². The largest absolute Gasteiger partial charge is 0.456 e. The van der Waals surface area contributed by atoms with E-state index in [-0.39, 0.29) is 0 Å². The first-order valence-electron chi connectivity index (χ1n) is 30.1. The molecular weight excluding hydrogens is 1110 g/mol. The minimum Gasteiger partial charge on any atom is -0.456 e. The normalized spacial score (nSPS) is 12.0. The number of nitrogens with zero attached hydrogens (tertiary/aromatic N) is 7. The van der Waals surface area contributed by atoms with Gasteiger partial charge in [-0.2, -0.15) is 0 Å². The van der Waals surface area contributed by atoms with E-state index in [1.165, 1.54) is 64.6 Å². The summed E-state index contributed by atoms with van der Waals surface area (Å²) in [6.45, 7) is 0. The zero-order valence-corrected chi connectivity index (χ0v) is 48.0. The van der Waals surface area contributed by atoms with Crippen LogP contribution in [0.25, 0.3) is 181 Å². The Morgan fingerprint density at radius 2 is 0.767 bits per heavy atom. The number of rotatable bonds is 3. The van der Waals surface area contributed by atoms with E-state index in [1.807, 2.05) is 79.1 Å². The van der Waals surface area contributed by atoms with Gasteiger partial charge in [0.05, 0.1) is 27.6 Å². The zero-order chi connectivity index (χ0) is 59.0. The smallest absolute Gasteiger partial charge is 0.234 e. The second kappa shape index (κ2) is 19.6. The predicted octanol–water partition coefficient (Wildman–Crippen LogP) is 21.1. The summed E-state index contributed by atoms with van der Waals surface area (Å²) >= 11 is 0. The van der Waals surface area contributed by atoms with Gasteiger partial charge in [0.15, 0.2) is 11.2 Å². The van der Waals surface area contributed by atoms with E-state index in [0.717, 1.165) is 111 Å². The molecule has 9 aromatic heterocycles. The van der Waals surface area contributed by atoms with E-state index >= 15 is 0 Å². The molecule has 0 radical (unpaired) electrons. The fourth-order valence-electron chi connectivity index (χ4n) is 14.2. The van der Waals surface area contributed by atoms with Crippen LogP contribution in [0.2, 0.25) is 0 Å². The van der Waals surface area contributed by atoms with Crippen molar-refractivity contribution in [1.29, 1.82) is 0 Å². The van der Waals surface area contributed by atoms with E-state index < -0.39 is 0 Å². The Hall–Kier alpha value is -12.4. The molecule has 0 saturated carbocycles. The van der Waals surface area contributed by atoms with Crippen LogP contribution in [0.5, 0.6) is 0 Å². The molecule has 90 heavy (non-hydrogen) atoms. The third-order valence-corrected chi connectivity index (χ3v) is 18.0. The van der Waals surface area contributed by atoms with Crippen molar-refractivity contribution in [3.05, 3.63) is 286 Å². The van der Waals surface area contributed by atoms with Crippen LogP contribution >= 0.6 is 0 Å². The first-order chi connectivity index (χ1) is 44.7. The van der Waals surface area contributed by atoms with Gasteiger partial charge in [0.25, 0.3) is 0 Å². The third-order valence-electron chi connectivity index (χ3n) is 18.0. The molecule has 0 aliphatic carbocycles. The van der Waals surface area contributed by atoms with Crippen LogP contribution in [-0.2, 0) is 0 Å². The van der Waals surface area contributed by atoms with E-state index in [1.54, 1.807) is 12.4 Å². The van der Waals surface area contributed by atoms with E-state index in [2.05, 4.69) is 228 Å². The van der Waals surface area contributed by atoms with Gasteiger partial charge in [0.1, 0.15) is 39.5 Å². The summed E-state index contributed by atoms with van der Waals surface area (Å²) in [5, 5.41) is 21.2. The Bertz CT molecular complexity index is 6430. The number of benzene rings is 12. The zero-order valence-electron chi connectivity index (χ0n) is 48.0. The lowest BCUT2D eigenvalue weighted by Gasteiger charge is -2.07. The lowest BCUT2D eigenvalue weighted by atomic mass is 9.99. The van der Waals surface area contributed by atoms with Gasteiger partial charge in [-0.3, -0.25) is 13.7 Å². The van der Waals surface area contributed by atoms with Gasteiger partial charge >= 0.3 is 0 Å². The molecule has 9 heterocycles. The number of hydrogen-bond donors (Lipinski definition) is 0. The topological polar surface area (TPSA) is 106 Å². The Balaban J connectivity index is 0.0000000972. The predicted molar refractivity (Wildman–Crippen MR) is 368 cm³/mol. The number of hydrogen-bond acceptors (Lipinski definition) is 7. The number of aromatic nitrogens is 7. The molecule has 12 aromatic carbocycles. The Morgan fingerprint density at radius 1 is 0.233 bits per heavy atom. The highest BCUT2D eigenvalue weighted by Crippen LogP contribution is 2.47. The van der Waals surface area contributed by atoms with Crippen LogP contribution in [0, 0.1) is 0 Å². The molecule has 0 aliphatic rings. The Labute approximate surface area is 510 Å². The molecule has 0 N–H and O–H groups in total. The summed E-state index contributed by atoms with van der Waals surface area (Å²) in [5.41, 5.74) is 12.0. The number of pyridine rings is 2. The van der Waals surface area contributed by atoms with Gasteiger partial charge in [-0.1, -0.05) is 170 Å². The maximum atomic E-state index is 6.49. The number of furan rings is 3. The molecule has 0 unspecified atom stereocenters. The SMILES string of the molecule is c1ccc(-n2c3cc4ccccc4cc3c3cc4oc5ccccc5c4cc32)nc1.c1ccc(-n2c3ccc4ccccc4c3c3ccc4c5ccccc5oc4c32)nc1.c1cnc(-n2c3ccccc3c3c4ccccc4c4c5ccccc5oc4c32)nc1. The molecule has 0 atom stereocenters. The van der Waals surface area contributed by atoms with Crippen molar-refractivity contribution < 1.29 is 13.3 Å². The summed E-state index contributed by atoms with van der Waals surface area (Å²) < 4.78 is 25.7. The lowest BCUT2D eigenvalue weighted by Crippen LogP contribution is -1.99. The third kappa shape index (κ3) is 7.39. The minimum absolute atomic E-state index is 0.640. The van der Waals surface area contributed by atoms with Crippen molar-refractivity contribution in [3.63, 3.8) is 0 Å². The molecule has 0 fully saturated rings. The summed E-state index contributed by atoms with van der Waals surface area (Å²) in [4.78, 5) is 18.5. The van der Waals surface area contributed by atoms with Gasteiger partial charge in [0.2, 0.25) is 5.95 Å². The molecule has 0 aliphatic heterocycles. The quantitative estimate of drug-likeness (QED) is 0.173. The van der Waals surface area contributed by atoms with Crippen LogP contribution < -0.4 is 0 Å². The van der Waals surface area contributed by atoms with Gasteiger partial charge in [-0.15, -0.1) is 0 Å². The Morgan fingerprint density at radius 3 is 1.50 bits per heavy atom. The van der Waals surface area contributed by atoms with Crippen molar-refractivity contribution in [2.24, 2.45) is 0 Å². The fourth-order valence-corrected chi connectivity index (χ4v) is 14.2. The van der Waals surface area contributed by atoms with Crippen molar-refractivity contribution >= 4 is 164 Å². The highest BCUT2D eigenvalue weighted by atomic mass is 16.3. The lowest BCUT2D eigenvalue weighted by molar-refractivity contribution is 0.669. The molecule has 0 spiro atoms. The summed E-state index contributed by atoms with van der Waals surface area (Å²) in [7, 11) is 0. The molecule has 420 valence electrons. The molecule has 0 amide bonds. The maximum Gasteiger partial charge on any atom is 0.234 e. The number of fused-ring (bicyclic) bond motifs is 26. The van der Waals surface area contributed by atoms with E-state index in [0.29, 0.717) is 5.95 Å². The summed E-state index contributed by atoms with van der Waals surface area (Å²) in [6.07, 6.45) is 7.24. The van der Waals surface area contributed by atoms with Crippen molar-refractivity contribution in [1.82, 2.24) is 33.6 Å². The molecule has 10 nitrogen and oxygen atoms in total. The minimum atomic E-state index is 0.640. The van der Waals surface area contributed by atoms with Crippen molar-refractivity contribution in [3.8, 4) is 17.6 Å². The maximum absolute atomic E-state index is 6.49. The highest BCUT2D eigenvalue weighted by molar-refractivity contribution is 6.35. The van der Waals surface area contributed by atoms with Crippen molar-refractivity contribution in [2.75, 3.05) is 0 Å². The van der Waals surface area contributed by atoms with Crippen LogP contribution in [0.15, 0.2) is 299 Å². The van der Waals surface area contributed by atoms with Gasteiger partial charge < -0.3 is 13.3 Å². The van der Waals surface area contributed by atoms with Crippen LogP contribution in [0.1, 0.15) is 0 Å². The van der Waals surface area contributed by atoms with Gasteiger partial charge in [-0.05, 0) is 123 Å².